The van der Waals surface area contributed by atoms with Crippen molar-refractivity contribution in [1.29, 1.82) is 0 Å². The molecule has 0 aliphatic heterocycles. The Morgan fingerprint density at radius 2 is 0.885 bits per heavy atom. The van der Waals surface area contributed by atoms with Gasteiger partial charge in [-0.2, -0.15) is 0 Å². The van der Waals surface area contributed by atoms with Crippen molar-refractivity contribution >= 4 is 11.9 Å². The number of carbonyl (C=O) groups is 2. The van der Waals surface area contributed by atoms with E-state index in [1.165, 1.54) is 116 Å². The second kappa shape index (κ2) is 36.3. The molecule has 1 N–H and O–H groups in total. The highest BCUT2D eigenvalue weighted by molar-refractivity contribution is 5.70. The summed E-state index contributed by atoms with van der Waals surface area (Å²) in [6, 6.07) is 0. The lowest BCUT2D eigenvalue weighted by molar-refractivity contribution is -0.938. The number of hydrogen-bond donors (Lipinski definition) is 1. The van der Waals surface area contributed by atoms with Crippen molar-refractivity contribution in [3.05, 3.63) is 24.3 Å². The van der Waals surface area contributed by atoms with Crippen LogP contribution in [-0.4, -0.2) is 60.6 Å². The van der Waals surface area contributed by atoms with Crippen LogP contribution in [0.25, 0.3) is 0 Å². The van der Waals surface area contributed by atoms with Crippen LogP contribution < -0.4 is 0 Å². The molecule has 0 aromatic carbocycles. The molecule has 0 fully saturated rings. The fraction of sp³-hybridized carbons (Fsp3) is 0.870. The molecular formula is C46H88NO5+. The van der Waals surface area contributed by atoms with Crippen LogP contribution in [0.1, 0.15) is 220 Å². The van der Waals surface area contributed by atoms with Gasteiger partial charge in [0.05, 0.1) is 26.7 Å². The molecule has 0 aromatic rings. The summed E-state index contributed by atoms with van der Waals surface area (Å²) in [5, 5.41) is 10.2. The van der Waals surface area contributed by atoms with Gasteiger partial charge in [-0.3, -0.25) is 14.1 Å². The van der Waals surface area contributed by atoms with E-state index < -0.39 is 18.4 Å². The van der Waals surface area contributed by atoms with E-state index in [0.717, 1.165) is 51.4 Å². The maximum atomic E-state index is 13.0. The minimum atomic E-state index is -0.613. The number of hydrogen-bond acceptors (Lipinski definition) is 5. The van der Waals surface area contributed by atoms with E-state index in [0.29, 0.717) is 36.7 Å². The average Bonchev–Trinajstić information content (AvgIpc) is 3.12. The Morgan fingerprint density at radius 3 is 1.27 bits per heavy atom. The van der Waals surface area contributed by atoms with E-state index >= 15 is 0 Å². The molecule has 3 unspecified atom stereocenters. The quantitative estimate of drug-likeness (QED) is 0.0225. The molecule has 0 saturated carbocycles. The Bertz CT molecular complexity index is 869. The van der Waals surface area contributed by atoms with Crippen molar-refractivity contribution in [1.82, 2.24) is 0 Å². The minimum Gasteiger partial charge on any atom is -0.452 e. The highest BCUT2D eigenvalue weighted by Crippen LogP contribution is 2.21. The number of aliphatic hydroxyl groups excluding tert-OH is 1. The number of rotatable bonds is 38. The zero-order valence-electron chi connectivity index (χ0n) is 35.5. The van der Waals surface area contributed by atoms with Crippen LogP contribution in [0.3, 0.4) is 0 Å². The molecule has 0 aliphatic rings. The van der Waals surface area contributed by atoms with Gasteiger partial charge in [-0.15, -0.1) is 0 Å². The first-order valence-electron chi connectivity index (χ1n) is 22.4. The van der Waals surface area contributed by atoms with Crippen LogP contribution in [0.4, 0.5) is 0 Å². The molecule has 0 amide bonds. The Kier molecular flexibility index (Phi) is 35.2. The lowest BCUT2D eigenvalue weighted by atomic mass is 10.1. The SMILES string of the molecule is CCCCCCCC/C=C\CCCCCCCC(=O)OC(C)C(OC(=O)CCCCCCC/C=C\CCCCCCCC)[N+](C)(C)CCC(O)CC. The number of allylic oxidation sites excluding steroid dienone is 4. The van der Waals surface area contributed by atoms with E-state index in [2.05, 4.69) is 38.2 Å². The number of quaternary nitrogens is 1. The number of unbranched alkanes of at least 4 members (excludes halogenated alkanes) is 22. The predicted octanol–water partition coefficient (Wildman–Crippen LogP) is 13.1. The molecule has 0 aromatic heterocycles. The van der Waals surface area contributed by atoms with Crippen LogP contribution in [0, 0.1) is 0 Å². The van der Waals surface area contributed by atoms with Gasteiger partial charge in [-0.25, -0.2) is 0 Å². The van der Waals surface area contributed by atoms with Gasteiger partial charge in [0.1, 0.15) is 0 Å². The van der Waals surface area contributed by atoms with Gasteiger partial charge in [0.2, 0.25) is 0 Å². The molecule has 0 spiro atoms. The molecule has 6 nitrogen and oxygen atoms in total. The van der Waals surface area contributed by atoms with Gasteiger partial charge in [-0.1, -0.05) is 148 Å². The van der Waals surface area contributed by atoms with Gasteiger partial charge in [-0.05, 0) is 77.6 Å². The summed E-state index contributed by atoms with van der Waals surface area (Å²) in [5.41, 5.74) is 0. The zero-order valence-corrected chi connectivity index (χ0v) is 35.5. The van der Waals surface area contributed by atoms with Crippen molar-refractivity contribution in [3.63, 3.8) is 0 Å². The number of aliphatic hydroxyl groups is 1. The van der Waals surface area contributed by atoms with Crippen molar-refractivity contribution in [2.45, 2.75) is 239 Å². The van der Waals surface area contributed by atoms with Crippen LogP contribution in [-0.2, 0) is 19.1 Å². The smallest absolute Gasteiger partial charge is 0.310 e. The molecule has 0 rings (SSSR count). The summed E-state index contributed by atoms with van der Waals surface area (Å²) in [7, 11) is 3.99. The summed E-state index contributed by atoms with van der Waals surface area (Å²) >= 11 is 0. The van der Waals surface area contributed by atoms with Gasteiger partial charge in [0.15, 0.2) is 6.10 Å². The first kappa shape index (κ1) is 50.3. The maximum absolute atomic E-state index is 13.0. The van der Waals surface area contributed by atoms with E-state index in [-0.39, 0.29) is 11.9 Å². The number of esters is 2. The molecular weight excluding hydrogens is 647 g/mol. The van der Waals surface area contributed by atoms with Crippen molar-refractivity contribution in [2.75, 3.05) is 20.6 Å². The van der Waals surface area contributed by atoms with E-state index in [1.54, 1.807) is 0 Å². The zero-order chi connectivity index (χ0) is 38.5. The van der Waals surface area contributed by atoms with E-state index in [4.69, 9.17) is 9.47 Å². The Morgan fingerprint density at radius 1 is 0.538 bits per heavy atom. The normalized spacial score (nSPS) is 13.9. The third-order valence-electron chi connectivity index (χ3n) is 10.5. The number of likely N-dealkylation sites (N-methyl/N-ethyl adjacent to an activating group) is 1. The lowest BCUT2D eigenvalue weighted by Crippen LogP contribution is -2.57. The van der Waals surface area contributed by atoms with Gasteiger partial charge in [0.25, 0.3) is 6.23 Å². The van der Waals surface area contributed by atoms with Crippen LogP contribution in [0.15, 0.2) is 24.3 Å². The molecule has 3 atom stereocenters. The van der Waals surface area contributed by atoms with Gasteiger partial charge in [0, 0.05) is 19.3 Å². The van der Waals surface area contributed by atoms with Crippen LogP contribution >= 0.6 is 0 Å². The monoisotopic (exact) mass is 735 g/mol. The standard InChI is InChI=1S/C46H88NO5/c1-7-10-12-14-16-18-20-22-24-26-28-30-32-34-36-38-44(49)51-42(4)46(47(5,6)41-40-43(48)9-3)52-45(50)39-37-35-33-31-29-27-25-23-21-19-17-15-13-11-8-2/h22-25,42-43,46,48H,7-21,26-41H2,1-6H3/q+1/b24-22-,25-23-. The van der Waals surface area contributed by atoms with Crippen molar-refractivity contribution < 1.29 is 28.7 Å². The van der Waals surface area contributed by atoms with Gasteiger partial charge >= 0.3 is 11.9 Å². The highest BCUT2D eigenvalue weighted by Gasteiger charge is 2.39. The largest absolute Gasteiger partial charge is 0.452 e. The Labute approximate surface area is 323 Å². The molecule has 52 heavy (non-hydrogen) atoms. The Hall–Kier alpha value is -1.66. The number of carbonyl (C=O) groups excluding carboxylic acids is 2. The van der Waals surface area contributed by atoms with E-state index in [1.807, 2.05) is 27.9 Å². The second-order valence-electron chi connectivity index (χ2n) is 16.1. The molecule has 0 saturated heterocycles. The molecule has 6 heteroatoms. The summed E-state index contributed by atoms with van der Waals surface area (Å²) < 4.78 is 12.3. The highest BCUT2D eigenvalue weighted by atomic mass is 16.6. The molecule has 306 valence electrons. The molecule has 0 radical (unpaired) electrons. The van der Waals surface area contributed by atoms with Gasteiger partial charge < -0.3 is 14.6 Å². The maximum Gasteiger partial charge on any atom is 0.310 e. The number of nitrogens with zero attached hydrogens (tertiary/aromatic N) is 1. The first-order valence-corrected chi connectivity index (χ1v) is 22.4. The molecule has 0 bridgehead atoms. The summed E-state index contributed by atoms with van der Waals surface area (Å²) in [4.78, 5) is 25.8. The predicted molar refractivity (Wildman–Crippen MR) is 222 cm³/mol. The lowest BCUT2D eigenvalue weighted by Gasteiger charge is -2.39. The molecule has 0 aliphatic carbocycles. The van der Waals surface area contributed by atoms with Crippen molar-refractivity contribution in [2.24, 2.45) is 0 Å². The minimum absolute atomic E-state index is 0.225. The fourth-order valence-electron chi connectivity index (χ4n) is 6.82. The van der Waals surface area contributed by atoms with Crippen molar-refractivity contribution in [3.8, 4) is 0 Å². The average molecular weight is 735 g/mol. The summed E-state index contributed by atoms with van der Waals surface area (Å²) in [5.74, 6) is -0.456. The molecule has 0 heterocycles. The van der Waals surface area contributed by atoms with Crippen LogP contribution in [0.2, 0.25) is 0 Å². The third-order valence-corrected chi connectivity index (χ3v) is 10.5. The second-order valence-corrected chi connectivity index (χ2v) is 16.1. The third kappa shape index (κ3) is 31.8. The number of ether oxygens (including phenoxy) is 2. The van der Waals surface area contributed by atoms with Crippen LogP contribution in [0.5, 0.6) is 0 Å². The first-order chi connectivity index (χ1) is 25.2. The van der Waals surface area contributed by atoms with E-state index in [9.17, 15) is 14.7 Å². The Balaban J connectivity index is 4.41. The topological polar surface area (TPSA) is 72.8 Å². The fourth-order valence-corrected chi connectivity index (χ4v) is 6.82. The summed E-state index contributed by atoms with van der Waals surface area (Å²) in [6.07, 6.45) is 41.5. The summed E-state index contributed by atoms with van der Waals surface area (Å²) in [6.45, 7) is 8.96.